The van der Waals surface area contributed by atoms with Crippen molar-refractivity contribution in [1.29, 1.82) is 0 Å². The molecule has 0 atom stereocenters. The molecule has 2 aromatic carbocycles. The first-order valence-electron chi connectivity index (χ1n) is 6.06. The number of nitrogens with one attached hydrogen (secondary N) is 1. The first kappa shape index (κ1) is 15.5. The van der Waals surface area contributed by atoms with Gasteiger partial charge in [0.05, 0.1) is 9.40 Å². The summed E-state index contributed by atoms with van der Waals surface area (Å²) >= 11 is 2.99. The molecular formula is C14H11BrF2N2O2. The van der Waals surface area contributed by atoms with Gasteiger partial charge in [-0.05, 0) is 28.1 Å². The van der Waals surface area contributed by atoms with Crippen LogP contribution in [0.3, 0.4) is 0 Å². The maximum absolute atomic E-state index is 13.8. The number of rotatable bonds is 5. The van der Waals surface area contributed by atoms with E-state index in [1.165, 1.54) is 12.1 Å². The number of halogens is 3. The Balaban J connectivity index is 2.09. The van der Waals surface area contributed by atoms with E-state index in [1.54, 1.807) is 18.2 Å². The zero-order valence-corrected chi connectivity index (χ0v) is 12.4. The lowest BCUT2D eigenvalue weighted by molar-refractivity contribution is -0.385. The molecule has 4 nitrogen and oxygen atoms in total. The lowest BCUT2D eigenvalue weighted by Crippen LogP contribution is -2.16. The second-order valence-corrected chi connectivity index (χ2v) is 5.17. The molecule has 0 heterocycles. The number of para-hydroxylation sites is 1. The standard InChI is InChI=1S/C14H11BrF2N2O2/c15-11-5-6-12(16)10(14(11)17)8-18-7-9-3-1-2-4-13(9)19(20)21/h1-6,18H,7-8H2. The quantitative estimate of drug-likeness (QED) is 0.501. The van der Waals surface area contributed by atoms with Crippen molar-refractivity contribution >= 4 is 21.6 Å². The second kappa shape index (κ2) is 6.73. The summed E-state index contributed by atoms with van der Waals surface area (Å²) in [5.41, 5.74) is 0.321. The van der Waals surface area contributed by atoms with Crippen LogP contribution in [0.1, 0.15) is 11.1 Å². The van der Waals surface area contributed by atoms with Crippen molar-refractivity contribution < 1.29 is 13.7 Å². The van der Waals surface area contributed by atoms with Crippen molar-refractivity contribution in [2.75, 3.05) is 0 Å². The molecule has 0 fully saturated rings. The predicted octanol–water partition coefficient (Wildman–Crippen LogP) is 3.93. The zero-order chi connectivity index (χ0) is 15.4. The first-order chi connectivity index (χ1) is 10.0. The highest BCUT2D eigenvalue weighted by molar-refractivity contribution is 9.10. The Morgan fingerprint density at radius 1 is 1.14 bits per heavy atom. The average molecular weight is 357 g/mol. The van der Waals surface area contributed by atoms with Crippen LogP contribution >= 0.6 is 15.9 Å². The number of hydrogen-bond donors (Lipinski definition) is 1. The molecule has 7 heteroatoms. The third kappa shape index (κ3) is 3.62. The molecule has 1 N–H and O–H groups in total. The van der Waals surface area contributed by atoms with Crippen LogP contribution < -0.4 is 5.32 Å². The Morgan fingerprint density at radius 2 is 1.86 bits per heavy atom. The molecule has 2 rings (SSSR count). The van der Waals surface area contributed by atoms with E-state index in [0.29, 0.717) is 5.56 Å². The van der Waals surface area contributed by atoms with Crippen LogP contribution in [0.5, 0.6) is 0 Å². The summed E-state index contributed by atoms with van der Waals surface area (Å²) in [5.74, 6) is -1.34. The van der Waals surface area contributed by atoms with Gasteiger partial charge in [-0.1, -0.05) is 18.2 Å². The highest BCUT2D eigenvalue weighted by atomic mass is 79.9. The molecule has 0 saturated heterocycles. The average Bonchev–Trinajstić information content (AvgIpc) is 2.47. The molecule has 0 unspecified atom stereocenters. The minimum Gasteiger partial charge on any atom is -0.308 e. The van der Waals surface area contributed by atoms with Gasteiger partial charge in [0.25, 0.3) is 5.69 Å². The van der Waals surface area contributed by atoms with Gasteiger partial charge in [-0.15, -0.1) is 0 Å². The van der Waals surface area contributed by atoms with Crippen molar-refractivity contribution in [2.24, 2.45) is 0 Å². The minimum atomic E-state index is -0.676. The minimum absolute atomic E-state index is 0.0276. The van der Waals surface area contributed by atoms with Crippen molar-refractivity contribution in [3.8, 4) is 0 Å². The molecule has 2 aromatic rings. The Hall–Kier alpha value is -1.86. The molecule has 0 aromatic heterocycles. The van der Waals surface area contributed by atoms with Crippen molar-refractivity contribution in [3.05, 3.63) is 73.7 Å². The maximum Gasteiger partial charge on any atom is 0.273 e. The van der Waals surface area contributed by atoms with E-state index in [4.69, 9.17) is 0 Å². The van der Waals surface area contributed by atoms with E-state index in [1.807, 2.05) is 0 Å². The van der Waals surface area contributed by atoms with Gasteiger partial charge in [0.15, 0.2) is 0 Å². The summed E-state index contributed by atoms with van der Waals surface area (Å²) in [6.45, 7) is 0.0751. The monoisotopic (exact) mass is 356 g/mol. The van der Waals surface area contributed by atoms with Crippen molar-refractivity contribution in [2.45, 2.75) is 13.1 Å². The van der Waals surface area contributed by atoms with Gasteiger partial charge in [-0.2, -0.15) is 0 Å². The Kier molecular flexibility index (Phi) is 4.98. The zero-order valence-electron chi connectivity index (χ0n) is 10.8. The van der Waals surface area contributed by atoms with E-state index in [2.05, 4.69) is 21.2 Å². The van der Waals surface area contributed by atoms with Crippen LogP contribution in [0.2, 0.25) is 0 Å². The second-order valence-electron chi connectivity index (χ2n) is 4.31. The van der Waals surface area contributed by atoms with E-state index < -0.39 is 16.6 Å². The van der Waals surface area contributed by atoms with Gasteiger partial charge < -0.3 is 5.32 Å². The van der Waals surface area contributed by atoms with Gasteiger partial charge in [-0.25, -0.2) is 8.78 Å². The van der Waals surface area contributed by atoms with E-state index in [-0.39, 0.29) is 28.8 Å². The molecule has 0 radical (unpaired) electrons. The molecule has 0 aliphatic heterocycles. The van der Waals surface area contributed by atoms with E-state index >= 15 is 0 Å². The van der Waals surface area contributed by atoms with Gasteiger partial charge in [0, 0.05) is 30.3 Å². The van der Waals surface area contributed by atoms with Gasteiger partial charge in [-0.3, -0.25) is 10.1 Å². The summed E-state index contributed by atoms with van der Waals surface area (Å²) in [7, 11) is 0. The fraction of sp³-hybridized carbons (Fsp3) is 0.143. The van der Waals surface area contributed by atoms with Crippen molar-refractivity contribution in [3.63, 3.8) is 0 Å². The summed E-state index contributed by atoms with van der Waals surface area (Å²) in [6.07, 6.45) is 0. The molecular weight excluding hydrogens is 346 g/mol. The molecule has 0 aliphatic carbocycles. The first-order valence-corrected chi connectivity index (χ1v) is 6.85. The summed E-state index contributed by atoms with van der Waals surface area (Å²) in [4.78, 5) is 10.4. The fourth-order valence-electron chi connectivity index (χ4n) is 1.89. The summed E-state index contributed by atoms with van der Waals surface area (Å²) in [6, 6.07) is 8.67. The Labute approximate surface area is 128 Å². The number of nitro groups is 1. The highest BCUT2D eigenvalue weighted by Crippen LogP contribution is 2.22. The Bertz CT molecular complexity index is 680. The van der Waals surface area contributed by atoms with Gasteiger partial charge in [0.1, 0.15) is 11.6 Å². The van der Waals surface area contributed by atoms with Crippen LogP contribution in [0.4, 0.5) is 14.5 Å². The molecule has 0 bridgehead atoms. The van der Waals surface area contributed by atoms with Crippen molar-refractivity contribution in [1.82, 2.24) is 5.32 Å². The lowest BCUT2D eigenvalue weighted by Gasteiger charge is -2.08. The molecule has 110 valence electrons. The topological polar surface area (TPSA) is 55.2 Å². The maximum atomic E-state index is 13.8. The molecule has 0 amide bonds. The Morgan fingerprint density at radius 3 is 2.57 bits per heavy atom. The van der Waals surface area contributed by atoms with Gasteiger partial charge >= 0.3 is 0 Å². The van der Waals surface area contributed by atoms with Crippen LogP contribution in [0.25, 0.3) is 0 Å². The molecule has 21 heavy (non-hydrogen) atoms. The SMILES string of the molecule is O=[N+]([O-])c1ccccc1CNCc1c(F)ccc(Br)c1F. The largest absolute Gasteiger partial charge is 0.308 e. The van der Waals surface area contributed by atoms with Crippen LogP contribution in [-0.4, -0.2) is 4.92 Å². The molecule has 0 aliphatic rings. The molecule has 0 spiro atoms. The highest BCUT2D eigenvalue weighted by Gasteiger charge is 2.14. The fourth-order valence-corrected chi connectivity index (χ4v) is 2.26. The summed E-state index contributed by atoms with van der Waals surface area (Å²) in [5, 5.41) is 13.7. The summed E-state index contributed by atoms with van der Waals surface area (Å²) < 4.78 is 27.5. The van der Waals surface area contributed by atoms with E-state index in [9.17, 15) is 18.9 Å². The third-order valence-corrected chi connectivity index (χ3v) is 3.56. The number of nitro benzene ring substituents is 1. The number of benzene rings is 2. The molecule has 0 saturated carbocycles. The number of nitrogens with zero attached hydrogens (tertiary/aromatic N) is 1. The smallest absolute Gasteiger partial charge is 0.273 e. The van der Waals surface area contributed by atoms with Crippen LogP contribution in [0, 0.1) is 21.7 Å². The van der Waals surface area contributed by atoms with E-state index in [0.717, 1.165) is 6.07 Å². The predicted molar refractivity (Wildman–Crippen MR) is 77.7 cm³/mol. The van der Waals surface area contributed by atoms with Crippen LogP contribution in [0.15, 0.2) is 40.9 Å². The van der Waals surface area contributed by atoms with Crippen LogP contribution in [-0.2, 0) is 13.1 Å². The van der Waals surface area contributed by atoms with Gasteiger partial charge in [0.2, 0.25) is 0 Å². The lowest BCUT2D eigenvalue weighted by atomic mass is 10.1. The normalized spacial score (nSPS) is 10.6. The third-order valence-electron chi connectivity index (χ3n) is 2.94. The number of hydrogen-bond acceptors (Lipinski definition) is 3.